The molecule has 1 N–H and O–H groups in total. The van der Waals surface area contributed by atoms with E-state index in [4.69, 9.17) is 4.74 Å². The predicted octanol–water partition coefficient (Wildman–Crippen LogP) is 1.42. The molecule has 2 saturated heterocycles. The molecule has 0 spiro atoms. The molecule has 0 radical (unpaired) electrons. The van der Waals surface area contributed by atoms with Crippen LogP contribution in [0.5, 0.6) is 0 Å². The lowest BCUT2D eigenvalue weighted by molar-refractivity contribution is -0.136. The number of likely N-dealkylation sites (tertiary alicyclic amines) is 1. The van der Waals surface area contributed by atoms with Gasteiger partial charge < -0.3 is 15.0 Å². The summed E-state index contributed by atoms with van der Waals surface area (Å²) in [6, 6.07) is 0. The van der Waals surface area contributed by atoms with Crippen LogP contribution in [-0.2, 0) is 14.3 Å². The Bertz CT molecular complexity index is 357. The fraction of sp³-hybridized carbons (Fsp3) is 0.875. The summed E-state index contributed by atoms with van der Waals surface area (Å²) in [5, 5.41) is 3.05. The van der Waals surface area contributed by atoms with Gasteiger partial charge in [-0.15, -0.1) is 0 Å². The lowest BCUT2D eigenvalue weighted by Crippen LogP contribution is -2.43. The minimum atomic E-state index is 0.0786. The van der Waals surface area contributed by atoms with Gasteiger partial charge in [0.1, 0.15) is 0 Å². The molecule has 0 bridgehead atoms. The van der Waals surface area contributed by atoms with E-state index in [1.807, 2.05) is 18.7 Å². The normalized spacial score (nSPS) is 23.6. The van der Waals surface area contributed by atoms with E-state index in [1.54, 1.807) is 0 Å². The maximum absolute atomic E-state index is 11.9. The van der Waals surface area contributed by atoms with Crippen LogP contribution in [0.3, 0.4) is 0 Å². The van der Waals surface area contributed by atoms with Crippen molar-refractivity contribution in [3.05, 3.63) is 0 Å². The van der Waals surface area contributed by atoms with Gasteiger partial charge in [-0.2, -0.15) is 0 Å². The Balaban J connectivity index is 1.62. The summed E-state index contributed by atoms with van der Waals surface area (Å²) in [7, 11) is 0. The standard InChI is InChI=1S/C16H28N2O3/c1-12(2)16(20)18-6-3-13(4-7-18)10-17-15(19)9-14-5-8-21-11-14/h12-14H,3-11H2,1-2H3,(H,17,19)/t14-/m1/s1. The number of carbonyl (C=O) groups is 2. The van der Waals surface area contributed by atoms with Gasteiger partial charge in [-0.05, 0) is 31.1 Å². The average molecular weight is 296 g/mol. The molecular formula is C16H28N2O3. The molecule has 0 aromatic heterocycles. The van der Waals surface area contributed by atoms with Crippen LogP contribution in [0.2, 0.25) is 0 Å². The number of amides is 2. The molecule has 2 rings (SSSR count). The van der Waals surface area contributed by atoms with Gasteiger partial charge in [-0.25, -0.2) is 0 Å². The van der Waals surface area contributed by atoms with Crippen molar-refractivity contribution in [2.24, 2.45) is 17.8 Å². The Morgan fingerprint density at radius 3 is 2.48 bits per heavy atom. The van der Waals surface area contributed by atoms with E-state index in [0.717, 1.165) is 52.1 Å². The Labute approximate surface area is 127 Å². The summed E-state index contributed by atoms with van der Waals surface area (Å²) in [6.45, 7) is 7.81. The number of ether oxygens (including phenoxy) is 1. The fourth-order valence-corrected chi connectivity index (χ4v) is 3.06. The molecule has 5 nitrogen and oxygen atoms in total. The topological polar surface area (TPSA) is 58.6 Å². The van der Waals surface area contributed by atoms with Crippen LogP contribution in [0.4, 0.5) is 0 Å². The second kappa shape index (κ2) is 7.78. The third-order valence-electron chi connectivity index (χ3n) is 4.51. The van der Waals surface area contributed by atoms with Crippen LogP contribution >= 0.6 is 0 Å². The number of piperidine rings is 1. The summed E-state index contributed by atoms with van der Waals surface area (Å²) < 4.78 is 5.29. The largest absolute Gasteiger partial charge is 0.381 e. The van der Waals surface area contributed by atoms with Crippen LogP contribution in [0, 0.1) is 17.8 Å². The smallest absolute Gasteiger partial charge is 0.225 e. The zero-order chi connectivity index (χ0) is 15.2. The number of hydrogen-bond donors (Lipinski definition) is 1. The van der Waals surface area contributed by atoms with E-state index in [9.17, 15) is 9.59 Å². The number of nitrogens with one attached hydrogen (secondary N) is 1. The third kappa shape index (κ3) is 4.99. The van der Waals surface area contributed by atoms with Crippen LogP contribution in [0.1, 0.15) is 39.5 Å². The van der Waals surface area contributed by atoms with Gasteiger partial charge in [0.05, 0.1) is 0 Å². The minimum Gasteiger partial charge on any atom is -0.381 e. The molecule has 5 heteroatoms. The van der Waals surface area contributed by atoms with E-state index >= 15 is 0 Å². The first kappa shape index (κ1) is 16.3. The second-order valence-electron chi connectivity index (χ2n) is 6.66. The maximum Gasteiger partial charge on any atom is 0.225 e. The molecule has 2 aliphatic rings. The molecule has 2 heterocycles. The lowest BCUT2D eigenvalue weighted by atomic mass is 9.95. The first-order valence-corrected chi connectivity index (χ1v) is 8.19. The van der Waals surface area contributed by atoms with Gasteiger partial charge >= 0.3 is 0 Å². The second-order valence-corrected chi connectivity index (χ2v) is 6.66. The van der Waals surface area contributed by atoms with E-state index in [0.29, 0.717) is 18.3 Å². The quantitative estimate of drug-likeness (QED) is 0.835. The maximum atomic E-state index is 11.9. The van der Waals surface area contributed by atoms with Crippen LogP contribution < -0.4 is 5.32 Å². The van der Waals surface area contributed by atoms with E-state index in [2.05, 4.69) is 5.32 Å². The lowest BCUT2D eigenvalue weighted by Gasteiger charge is -2.33. The minimum absolute atomic E-state index is 0.0786. The third-order valence-corrected chi connectivity index (χ3v) is 4.51. The van der Waals surface area contributed by atoms with Crippen molar-refractivity contribution in [3.63, 3.8) is 0 Å². The van der Waals surface area contributed by atoms with Crippen molar-refractivity contribution in [3.8, 4) is 0 Å². The molecule has 2 fully saturated rings. The Kier molecular flexibility index (Phi) is 6.03. The summed E-state index contributed by atoms with van der Waals surface area (Å²) >= 11 is 0. The summed E-state index contributed by atoms with van der Waals surface area (Å²) in [6.07, 6.45) is 3.57. The molecule has 0 unspecified atom stereocenters. The monoisotopic (exact) mass is 296 g/mol. The molecular weight excluding hydrogens is 268 g/mol. The van der Waals surface area contributed by atoms with Gasteiger partial charge in [0.15, 0.2) is 0 Å². The molecule has 0 aromatic carbocycles. The van der Waals surface area contributed by atoms with Crippen LogP contribution in [0.25, 0.3) is 0 Å². The van der Waals surface area contributed by atoms with E-state index in [-0.39, 0.29) is 17.7 Å². The summed E-state index contributed by atoms with van der Waals surface area (Å²) in [4.78, 5) is 25.7. The molecule has 120 valence electrons. The molecule has 2 aliphatic heterocycles. The summed E-state index contributed by atoms with van der Waals surface area (Å²) in [5.41, 5.74) is 0. The number of carbonyl (C=O) groups excluding carboxylic acids is 2. The van der Waals surface area contributed by atoms with Crippen LogP contribution in [0.15, 0.2) is 0 Å². The molecule has 2 amide bonds. The molecule has 0 aromatic rings. The van der Waals surface area contributed by atoms with Crippen molar-refractivity contribution < 1.29 is 14.3 Å². The van der Waals surface area contributed by atoms with Crippen molar-refractivity contribution in [2.75, 3.05) is 32.8 Å². The van der Waals surface area contributed by atoms with Gasteiger partial charge in [-0.3, -0.25) is 9.59 Å². The zero-order valence-electron chi connectivity index (χ0n) is 13.3. The highest BCUT2D eigenvalue weighted by molar-refractivity contribution is 5.78. The predicted molar refractivity (Wildman–Crippen MR) is 80.7 cm³/mol. The van der Waals surface area contributed by atoms with Crippen molar-refractivity contribution in [1.29, 1.82) is 0 Å². The molecule has 0 aliphatic carbocycles. The number of nitrogens with zero attached hydrogens (tertiary/aromatic N) is 1. The first-order chi connectivity index (χ1) is 10.1. The molecule has 1 atom stereocenters. The number of hydrogen-bond acceptors (Lipinski definition) is 3. The fourth-order valence-electron chi connectivity index (χ4n) is 3.06. The Morgan fingerprint density at radius 2 is 1.90 bits per heavy atom. The average Bonchev–Trinajstić information content (AvgIpc) is 2.97. The molecule has 0 saturated carbocycles. The van der Waals surface area contributed by atoms with Gasteiger partial charge in [0, 0.05) is 45.2 Å². The first-order valence-electron chi connectivity index (χ1n) is 8.19. The van der Waals surface area contributed by atoms with Crippen molar-refractivity contribution in [2.45, 2.75) is 39.5 Å². The zero-order valence-corrected chi connectivity index (χ0v) is 13.3. The van der Waals surface area contributed by atoms with Gasteiger partial charge in [-0.1, -0.05) is 13.8 Å². The highest BCUT2D eigenvalue weighted by atomic mass is 16.5. The van der Waals surface area contributed by atoms with Crippen molar-refractivity contribution in [1.82, 2.24) is 10.2 Å². The number of rotatable bonds is 5. The van der Waals surface area contributed by atoms with Crippen molar-refractivity contribution >= 4 is 11.8 Å². The highest BCUT2D eigenvalue weighted by Crippen LogP contribution is 2.19. The Hall–Kier alpha value is -1.10. The molecule has 21 heavy (non-hydrogen) atoms. The van der Waals surface area contributed by atoms with Gasteiger partial charge in [0.25, 0.3) is 0 Å². The van der Waals surface area contributed by atoms with Gasteiger partial charge in [0.2, 0.25) is 11.8 Å². The summed E-state index contributed by atoms with van der Waals surface area (Å²) in [5.74, 6) is 1.38. The van der Waals surface area contributed by atoms with E-state index < -0.39 is 0 Å². The van der Waals surface area contributed by atoms with E-state index in [1.165, 1.54) is 0 Å². The highest BCUT2D eigenvalue weighted by Gasteiger charge is 2.25. The van der Waals surface area contributed by atoms with Crippen LogP contribution in [-0.4, -0.2) is 49.6 Å². The SMILES string of the molecule is CC(C)C(=O)N1CCC(CNC(=O)C[C@H]2CCOC2)CC1. The Morgan fingerprint density at radius 1 is 1.19 bits per heavy atom.